The van der Waals surface area contributed by atoms with E-state index in [2.05, 4.69) is 5.32 Å². The number of cyclic esters (lactones) is 1. The van der Waals surface area contributed by atoms with Crippen molar-refractivity contribution >= 4 is 23.6 Å². The van der Waals surface area contributed by atoms with Gasteiger partial charge in [-0.3, -0.25) is 24.6 Å². The number of methoxy groups -OCH3 is 1. The highest BCUT2D eigenvalue weighted by Gasteiger charge is 2.75. The van der Waals surface area contributed by atoms with Crippen molar-refractivity contribution < 1.29 is 48.0 Å². The molecule has 4 fully saturated rings. The number of ether oxygens (including phenoxy) is 5. The lowest BCUT2D eigenvalue weighted by atomic mass is 9.62. The molecule has 4 bridgehead atoms. The number of carbonyl (C=O) groups is 4. The molecular weight excluding hydrogens is 598 g/mol. The van der Waals surface area contributed by atoms with Gasteiger partial charge in [0.25, 0.3) is 0 Å². The molecule has 13 nitrogen and oxygen atoms in total. The number of rotatable bonds is 7. The largest absolute Gasteiger partial charge is 0.458 e. The highest BCUT2D eigenvalue weighted by Crippen LogP contribution is 2.54. The molecule has 0 aromatic heterocycles. The van der Waals surface area contributed by atoms with Gasteiger partial charge in [0, 0.05) is 25.0 Å². The minimum atomic E-state index is -1.66. The number of likely N-dealkylation sites (N-methyl/N-ethyl adjacent to an activating group) is 2. The van der Waals surface area contributed by atoms with Gasteiger partial charge in [-0.1, -0.05) is 34.6 Å². The summed E-state index contributed by atoms with van der Waals surface area (Å²) >= 11 is 0. The third-order valence-electron chi connectivity index (χ3n) is 11.4. The van der Waals surface area contributed by atoms with Crippen LogP contribution < -0.4 is 5.32 Å². The maximum absolute atomic E-state index is 14.4. The van der Waals surface area contributed by atoms with Crippen LogP contribution in [0.4, 0.5) is 4.79 Å². The van der Waals surface area contributed by atoms with Crippen LogP contribution in [0, 0.1) is 23.7 Å². The minimum Gasteiger partial charge on any atom is -0.458 e. The standard InChI is InChI=1S/C33H55N3O10/c1-13-22-31(8)26-17(4)24(38)20(7)33(34-14-2,36(26)30(41)46-31)32(9,42-12)27(18(5)23(37)19(6)28(40)44-22)45-29-25(39)21(35(10)11)15-16(3)43-29/h16-22,25-27,29,34,39H,13-15H2,1-12H3/t16?,17-,18-,19+,20-,21?,22+,25?,26?,27?,29?,31?,32?,33?/m0/s1. The number of esters is 1. The average molecular weight is 654 g/mol. The maximum Gasteiger partial charge on any atom is 0.412 e. The summed E-state index contributed by atoms with van der Waals surface area (Å²) in [6.07, 6.45) is -4.71. The zero-order valence-electron chi connectivity index (χ0n) is 29.5. The molecule has 9 unspecified atom stereocenters. The Kier molecular flexibility index (Phi) is 10.4. The van der Waals surface area contributed by atoms with E-state index in [0.717, 1.165) is 0 Å². The van der Waals surface area contributed by atoms with Gasteiger partial charge in [0.05, 0.1) is 18.1 Å². The molecule has 4 rings (SSSR count). The Hall–Kier alpha value is -2.16. The van der Waals surface area contributed by atoms with Crippen LogP contribution in [0.5, 0.6) is 0 Å². The van der Waals surface area contributed by atoms with Crippen molar-refractivity contribution in [2.24, 2.45) is 23.7 Å². The first kappa shape index (κ1) is 36.7. The Morgan fingerprint density at radius 3 is 2.20 bits per heavy atom. The summed E-state index contributed by atoms with van der Waals surface area (Å²) in [6.45, 7) is 15.8. The third kappa shape index (κ3) is 5.29. The molecule has 0 aromatic rings. The third-order valence-corrected chi connectivity index (χ3v) is 11.4. The molecule has 0 aliphatic carbocycles. The van der Waals surface area contributed by atoms with Crippen molar-refractivity contribution in [1.82, 2.24) is 15.1 Å². The summed E-state index contributed by atoms with van der Waals surface area (Å²) in [5, 5.41) is 15.0. The van der Waals surface area contributed by atoms with Crippen molar-refractivity contribution in [3.05, 3.63) is 0 Å². The van der Waals surface area contributed by atoms with Crippen LogP contribution in [0.15, 0.2) is 0 Å². The highest BCUT2D eigenvalue weighted by atomic mass is 16.7. The number of carbonyl (C=O) groups excluding carboxylic acids is 4. The second-order valence-corrected chi connectivity index (χ2v) is 14.3. The fourth-order valence-electron chi connectivity index (χ4n) is 8.84. The number of amides is 1. The Morgan fingerprint density at radius 1 is 1.02 bits per heavy atom. The van der Waals surface area contributed by atoms with Gasteiger partial charge in [0.1, 0.15) is 41.3 Å². The molecule has 4 aliphatic heterocycles. The molecule has 1 amide bonds. The Labute approximate surface area is 272 Å². The molecule has 4 heterocycles. The first-order valence-electron chi connectivity index (χ1n) is 16.6. The van der Waals surface area contributed by atoms with Crippen LogP contribution in [0.2, 0.25) is 0 Å². The first-order valence-corrected chi connectivity index (χ1v) is 16.6. The minimum absolute atomic E-state index is 0.158. The number of ketones is 2. The molecule has 13 heteroatoms. The summed E-state index contributed by atoms with van der Waals surface area (Å²) in [6, 6.07) is -1.19. The SMILES string of the molecule is CCNC12[C@@H](C)C(=O)[C@H](C)C3N1C(=O)OC3(C)[C@@H](CC)OC(=O)[C@H](C)C(=O)[C@H](C)C(OC1OC(C)CC(N(C)C)C1O)C2(C)OC. The van der Waals surface area contributed by atoms with E-state index in [0.29, 0.717) is 13.0 Å². The monoisotopic (exact) mass is 653 g/mol. The zero-order valence-corrected chi connectivity index (χ0v) is 29.5. The second-order valence-electron chi connectivity index (χ2n) is 14.3. The van der Waals surface area contributed by atoms with E-state index in [1.54, 1.807) is 41.5 Å². The number of Topliss-reactive ketones (excluding diaryl/α,β-unsaturated/α-hetero) is 2. The van der Waals surface area contributed by atoms with E-state index in [1.807, 2.05) is 32.8 Å². The van der Waals surface area contributed by atoms with E-state index in [9.17, 15) is 24.3 Å². The number of aliphatic hydroxyl groups is 1. The molecular formula is C33H55N3O10. The lowest BCUT2D eigenvalue weighted by Crippen LogP contribution is -2.84. The predicted molar refractivity (Wildman–Crippen MR) is 166 cm³/mol. The van der Waals surface area contributed by atoms with Crippen LogP contribution in [0.25, 0.3) is 0 Å². The number of piperidine rings is 1. The topological polar surface area (TPSA) is 153 Å². The number of nitrogens with one attached hydrogen (secondary N) is 1. The summed E-state index contributed by atoms with van der Waals surface area (Å²) in [5.74, 6) is -5.24. The van der Waals surface area contributed by atoms with Gasteiger partial charge in [0.15, 0.2) is 17.7 Å². The van der Waals surface area contributed by atoms with Crippen LogP contribution >= 0.6 is 0 Å². The molecule has 4 saturated heterocycles. The average Bonchev–Trinajstić information content (AvgIpc) is 3.29. The summed E-state index contributed by atoms with van der Waals surface area (Å²) in [4.78, 5) is 60.0. The summed E-state index contributed by atoms with van der Waals surface area (Å²) in [7, 11) is 5.15. The van der Waals surface area contributed by atoms with Gasteiger partial charge in [0.2, 0.25) is 0 Å². The molecule has 46 heavy (non-hydrogen) atoms. The van der Waals surface area contributed by atoms with E-state index in [4.69, 9.17) is 23.7 Å². The van der Waals surface area contributed by atoms with Gasteiger partial charge in [-0.15, -0.1) is 0 Å². The lowest BCUT2D eigenvalue weighted by molar-refractivity contribution is -0.313. The molecule has 2 N–H and O–H groups in total. The van der Waals surface area contributed by atoms with Crippen molar-refractivity contribution in [3.63, 3.8) is 0 Å². The van der Waals surface area contributed by atoms with E-state index in [1.165, 1.54) is 18.9 Å². The molecule has 0 spiro atoms. The van der Waals surface area contributed by atoms with Crippen LogP contribution in [0.1, 0.15) is 75.2 Å². The molecule has 14 atom stereocenters. The van der Waals surface area contributed by atoms with Gasteiger partial charge >= 0.3 is 12.1 Å². The number of nitrogens with zero attached hydrogens (tertiary/aromatic N) is 2. The molecule has 0 saturated carbocycles. The van der Waals surface area contributed by atoms with E-state index >= 15 is 0 Å². The Bertz CT molecular complexity index is 1200. The normalized spacial score (nSPS) is 46.9. The fourth-order valence-corrected chi connectivity index (χ4v) is 8.84. The number of hydrogen-bond acceptors (Lipinski definition) is 12. The highest BCUT2D eigenvalue weighted by molar-refractivity contribution is 6.00. The Morgan fingerprint density at radius 2 is 1.65 bits per heavy atom. The van der Waals surface area contributed by atoms with Crippen molar-refractivity contribution in [2.75, 3.05) is 27.7 Å². The maximum atomic E-state index is 14.4. The van der Waals surface area contributed by atoms with Gasteiger partial charge < -0.3 is 33.7 Å². The van der Waals surface area contributed by atoms with Gasteiger partial charge in [-0.2, -0.15) is 0 Å². The second kappa shape index (κ2) is 13.0. The van der Waals surface area contributed by atoms with Gasteiger partial charge in [-0.25, -0.2) is 4.79 Å². The fraction of sp³-hybridized carbons (Fsp3) is 0.879. The lowest BCUT2D eigenvalue weighted by Gasteiger charge is -2.62. The van der Waals surface area contributed by atoms with Crippen molar-refractivity contribution in [1.29, 1.82) is 0 Å². The molecule has 262 valence electrons. The van der Waals surface area contributed by atoms with Crippen LogP contribution in [-0.2, 0) is 38.1 Å². The quantitative estimate of drug-likeness (QED) is 0.306. The molecule has 0 aromatic carbocycles. The smallest absolute Gasteiger partial charge is 0.412 e. The molecule has 4 aliphatic rings. The van der Waals surface area contributed by atoms with E-state index < -0.39 is 89.0 Å². The first-order chi connectivity index (χ1) is 21.4. The van der Waals surface area contributed by atoms with E-state index in [-0.39, 0.29) is 24.3 Å². The van der Waals surface area contributed by atoms with Gasteiger partial charge in [-0.05, 0) is 61.2 Å². The van der Waals surface area contributed by atoms with Crippen molar-refractivity contribution in [2.45, 2.75) is 135 Å². The predicted octanol–water partition coefficient (Wildman–Crippen LogP) is 2.12. The molecule has 0 radical (unpaired) electrons. The van der Waals surface area contributed by atoms with Crippen LogP contribution in [-0.4, -0.2) is 126 Å². The van der Waals surface area contributed by atoms with Crippen molar-refractivity contribution in [3.8, 4) is 0 Å². The van der Waals surface area contributed by atoms with Crippen LogP contribution in [0.3, 0.4) is 0 Å². The summed E-state index contributed by atoms with van der Waals surface area (Å²) in [5.41, 5.74) is -4.71. The zero-order chi connectivity index (χ0) is 34.7. The summed E-state index contributed by atoms with van der Waals surface area (Å²) < 4.78 is 31.5. The Balaban J connectivity index is 2.04. The number of aliphatic hydroxyl groups excluding tert-OH is 1. The number of hydrogen-bond donors (Lipinski definition) is 2.